The molecule has 2 aromatic carbocycles. The zero-order chi connectivity index (χ0) is 24.9. The largest absolute Gasteiger partial charge is 0.497 e. The first-order valence-electron chi connectivity index (χ1n) is 11.2. The number of nitrogens with zero attached hydrogens (tertiary/aromatic N) is 3. The molecule has 34 heavy (non-hydrogen) atoms. The van der Waals surface area contributed by atoms with Crippen LogP contribution in [0.1, 0.15) is 39.0 Å². The predicted molar refractivity (Wildman–Crippen MR) is 135 cm³/mol. The van der Waals surface area contributed by atoms with Gasteiger partial charge in [-0.25, -0.2) is 4.68 Å². The van der Waals surface area contributed by atoms with Crippen molar-refractivity contribution in [3.63, 3.8) is 0 Å². The monoisotopic (exact) mass is 482 g/mol. The van der Waals surface area contributed by atoms with Crippen molar-refractivity contribution < 1.29 is 14.3 Å². The summed E-state index contributed by atoms with van der Waals surface area (Å²) in [6, 6.07) is 16.5. The summed E-state index contributed by atoms with van der Waals surface area (Å²) < 4.78 is 6.80. The topological polar surface area (TPSA) is 76.5 Å². The van der Waals surface area contributed by atoms with Gasteiger partial charge < -0.3 is 15.0 Å². The molecular weight excluding hydrogens is 452 g/mol. The van der Waals surface area contributed by atoms with E-state index in [4.69, 9.17) is 21.4 Å². The number of amides is 2. The molecule has 1 aromatic heterocycles. The Morgan fingerprint density at radius 3 is 2.38 bits per heavy atom. The van der Waals surface area contributed by atoms with Crippen LogP contribution in [0.25, 0.3) is 5.69 Å². The first kappa shape index (κ1) is 25.3. The number of ether oxygens (including phenoxy) is 1. The minimum absolute atomic E-state index is 0.0654. The Morgan fingerprint density at radius 1 is 1.12 bits per heavy atom. The molecule has 2 amide bonds. The smallest absolute Gasteiger partial charge is 0.245 e. The molecule has 0 bridgehead atoms. The van der Waals surface area contributed by atoms with Crippen LogP contribution < -0.4 is 10.1 Å². The summed E-state index contributed by atoms with van der Waals surface area (Å²) >= 11 is 6.40. The lowest BCUT2D eigenvalue weighted by molar-refractivity contribution is -0.133. The molecule has 0 spiro atoms. The second kappa shape index (κ2) is 10.7. The SMILES string of the molecule is CCN(CC(=O)Nc1cc(C(C)(C)C)nn1-c1ccccc1Cl)C(=O)Cc1ccc(OC)cc1. The molecule has 3 aromatic rings. The number of hydrogen-bond donors (Lipinski definition) is 1. The van der Waals surface area contributed by atoms with Crippen molar-refractivity contribution in [3.05, 3.63) is 70.9 Å². The summed E-state index contributed by atoms with van der Waals surface area (Å²) in [7, 11) is 1.60. The molecule has 0 saturated heterocycles. The van der Waals surface area contributed by atoms with Crippen LogP contribution in [-0.2, 0) is 21.4 Å². The minimum Gasteiger partial charge on any atom is -0.497 e. The van der Waals surface area contributed by atoms with Crippen LogP contribution in [-0.4, -0.2) is 46.7 Å². The van der Waals surface area contributed by atoms with Gasteiger partial charge in [-0.3, -0.25) is 9.59 Å². The molecule has 0 aliphatic heterocycles. The number of carbonyl (C=O) groups is 2. The highest BCUT2D eigenvalue weighted by Gasteiger charge is 2.23. The van der Waals surface area contributed by atoms with Crippen LogP contribution in [0, 0.1) is 0 Å². The number of aromatic nitrogens is 2. The van der Waals surface area contributed by atoms with E-state index in [1.165, 1.54) is 4.90 Å². The number of methoxy groups -OCH3 is 1. The Kier molecular flexibility index (Phi) is 7.99. The highest BCUT2D eigenvalue weighted by atomic mass is 35.5. The fraction of sp³-hybridized carbons (Fsp3) is 0.346. The van der Waals surface area contributed by atoms with E-state index in [1.807, 2.05) is 55.5 Å². The molecule has 0 unspecified atom stereocenters. The van der Waals surface area contributed by atoms with Crippen molar-refractivity contribution in [1.82, 2.24) is 14.7 Å². The number of nitrogens with one attached hydrogen (secondary N) is 1. The zero-order valence-corrected chi connectivity index (χ0v) is 21.0. The number of para-hydroxylation sites is 1. The van der Waals surface area contributed by atoms with Crippen molar-refractivity contribution >= 4 is 29.2 Å². The van der Waals surface area contributed by atoms with E-state index in [9.17, 15) is 9.59 Å². The summed E-state index contributed by atoms with van der Waals surface area (Å²) in [6.07, 6.45) is 0.205. The number of carbonyl (C=O) groups excluding carboxylic acids is 2. The maximum atomic E-state index is 13.0. The van der Waals surface area contributed by atoms with E-state index in [1.54, 1.807) is 17.9 Å². The van der Waals surface area contributed by atoms with Crippen LogP contribution in [0.3, 0.4) is 0 Å². The third-order valence-corrected chi connectivity index (χ3v) is 5.73. The van der Waals surface area contributed by atoms with Crippen molar-refractivity contribution in [1.29, 1.82) is 0 Å². The van der Waals surface area contributed by atoms with Crippen LogP contribution in [0.2, 0.25) is 5.02 Å². The summed E-state index contributed by atoms with van der Waals surface area (Å²) in [5, 5.41) is 8.14. The molecule has 3 rings (SSSR count). The van der Waals surface area contributed by atoms with Gasteiger partial charge >= 0.3 is 0 Å². The Hall–Kier alpha value is -3.32. The maximum Gasteiger partial charge on any atom is 0.245 e. The number of benzene rings is 2. The molecule has 0 atom stereocenters. The van der Waals surface area contributed by atoms with E-state index in [2.05, 4.69) is 26.1 Å². The number of anilines is 1. The van der Waals surface area contributed by atoms with Gasteiger partial charge in [-0.05, 0) is 36.8 Å². The molecule has 180 valence electrons. The summed E-state index contributed by atoms with van der Waals surface area (Å²) in [5.41, 5.74) is 2.11. The lowest BCUT2D eigenvalue weighted by Crippen LogP contribution is -2.39. The van der Waals surface area contributed by atoms with Gasteiger partial charge in [0.25, 0.3) is 0 Å². The number of hydrogen-bond acceptors (Lipinski definition) is 4. The molecule has 1 heterocycles. The molecule has 1 N–H and O–H groups in total. The third-order valence-electron chi connectivity index (χ3n) is 5.41. The number of halogens is 1. The maximum absolute atomic E-state index is 13.0. The van der Waals surface area contributed by atoms with E-state index < -0.39 is 0 Å². The molecule has 0 fully saturated rings. The lowest BCUT2D eigenvalue weighted by atomic mass is 9.92. The Balaban J connectivity index is 1.76. The van der Waals surface area contributed by atoms with Crippen molar-refractivity contribution in [2.75, 3.05) is 25.5 Å². The molecule has 0 aliphatic carbocycles. The fourth-order valence-electron chi connectivity index (χ4n) is 3.41. The van der Waals surface area contributed by atoms with E-state index in [-0.39, 0.29) is 30.2 Å². The molecule has 0 radical (unpaired) electrons. The van der Waals surface area contributed by atoms with Gasteiger partial charge in [0, 0.05) is 18.0 Å². The van der Waals surface area contributed by atoms with Crippen molar-refractivity contribution in [2.24, 2.45) is 0 Å². The number of rotatable bonds is 8. The molecule has 0 saturated carbocycles. The van der Waals surface area contributed by atoms with Crippen LogP contribution in [0.4, 0.5) is 5.82 Å². The molecule has 0 aliphatic rings. The fourth-order valence-corrected chi connectivity index (χ4v) is 3.62. The van der Waals surface area contributed by atoms with Gasteiger partial charge in [0.1, 0.15) is 11.6 Å². The van der Waals surface area contributed by atoms with E-state index in [0.717, 1.165) is 17.0 Å². The van der Waals surface area contributed by atoms with E-state index >= 15 is 0 Å². The highest BCUT2D eigenvalue weighted by Crippen LogP contribution is 2.29. The lowest BCUT2D eigenvalue weighted by Gasteiger charge is -2.20. The van der Waals surface area contributed by atoms with Gasteiger partial charge in [-0.2, -0.15) is 5.10 Å². The summed E-state index contributed by atoms with van der Waals surface area (Å²) in [6.45, 7) is 8.35. The average Bonchev–Trinajstić information content (AvgIpc) is 3.22. The minimum atomic E-state index is -0.307. The van der Waals surface area contributed by atoms with Crippen LogP contribution in [0.5, 0.6) is 5.75 Å². The first-order chi connectivity index (χ1) is 16.1. The van der Waals surface area contributed by atoms with Crippen LogP contribution >= 0.6 is 11.6 Å². The normalized spacial score (nSPS) is 11.2. The first-order valence-corrected chi connectivity index (χ1v) is 11.6. The second-order valence-electron chi connectivity index (χ2n) is 9.01. The second-order valence-corrected chi connectivity index (χ2v) is 9.42. The molecule has 7 nitrogen and oxygen atoms in total. The zero-order valence-electron chi connectivity index (χ0n) is 20.3. The molecular formula is C26H31ClN4O3. The third kappa shape index (κ3) is 6.17. The average molecular weight is 483 g/mol. The quantitative estimate of drug-likeness (QED) is 0.497. The summed E-state index contributed by atoms with van der Waals surface area (Å²) in [5.74, 6) is 0.797. The Bertz CT molecular complexity index is 1150. The Morgan fingerprint density at radius 2 is 1.79 bits per heavy atom. The molecule has 8 heteroatoms. The van der Waals surface area contributed by atoms with E-state index in [0.29, 0.717) is 23.1 Å². The van der Waals surface area contributed by atoms with Gasteiger partial charge in [-0.15, -0.1) is 0 Å². The highest BCUT2D eigenvalue weighted by molar-refractivity contribution is 6.32. The van der Waals surface area contributed by atoms with Gasteiger partial charge in [0.15, 0.2) is 0 Å². The summed E-state index contributed by atoms with van der Waals surface area (Å²) in [4.78, 5) is 27.3. The van der Waals surface area contributed by atoms with Gasteiger partial charge in [0.05, 0.1) is 36.5 Å². The van der Waals surface area contributed by atoms with Gasteiger partial charge in [-0.1, -0.05) is 56.6 Å². The van der Waals surface area contributed by atoms with Crippen molar-refractivity contribution in [3.8, 4) is 11.4 Å². The predicted octanol–water partition coefficient (Wildman–Crippen LogP) is 4.86. The van der Waals surface area contributed by atoms with Crippen molar-refractivity contribution in [2.45, 2.75) is 39.5 Å². The Labute approximate surface area is 205 Å². The number of likely N-dealkylation sites (N-methyl/N-ethyl adjacent to an activating group) is 1. The standard InChI is InChI=1S/C26H31ClN4O3/c1-6-30(25(33)15-18-11-13-19(34-5)14-12-18)17-24(32)28-23-16-22(26(2,3)4)29-31(23)21-10-8-7-9-20(21)27/h7-14,16H,6,15,17H2,1-5H3,(H,28,32). The van der Waals surface area contributed by atoms with Crippen LogP contribution in [0.15, 0.2) is 54.6 Å². The van der Waals surface area contributed by atoms with Gasteiger partial charge in [0.2, 0.25) is 11.8 Å².